The highest BCUT2D eigenvalue weighted by atomic mass is 19.1. The lowest BCUT2D eigenvalue weighted by Crippen LogP contribution is -2.46. The second-order valence-electron chi connectivity index (χ2n) is 6.91. The Kier molecular flexibility index (Phi) is 4.95. The zero-order valence-corrected chi connectivity index (χ0v) is 16.0. The van der Waals surface area contributed by atoms with Gasteiger partial charge in [0.2, 0.25) is 5.95 Å². The quantitative estimate of drug-likeness (QED) is 0.749. The largest absolute Gasteiger partial charge is 0.338 e. The number of likely N-dealkylation sites (N-methyl/N-ethyl adjacent to an activating group) is 1. The molecule has 28 heavy (non-hydrogen) atoms. The number of nitrogens with one attached hydrogen (secondary N) is 1. The van der Waals surface area contributed by atoms with Crippen molar-refractivity contribution < 1.29 is 4.39 Å². The van der Waals surface area contributed by atoms with Crippen LogP contribution in [0.1, 0.15) is 12.6 Å². The zero-order valence-electron chi connectivity index (χ0n) is 16.0. The highest BCUT2D eigenvalue weighted by Crippen LogP contribution is 2.21. The molecule has 1 aliphatic rings. The molecule has 0 bridgehead atoms. The first-order valence-electron chi connectivity index (χ1n) is 9.44. The number of benzene rings is 1. The number of aromatic nitrogens is 4. The third kappa shape index (κ3) is 3.55. The summed E-state index contributed by atoms with van der Waals surface area (Å²) in [7, 11) is 0. The van der Waals surface area contributed by atoms with E-state index in [1.165, 1.54) is 22.9 Å². The maximum atomic E-state index is 13.1. The molecule has 0 atom stereocenters. The van der Waals surface area contributed by atoms with E-state index in [4.69, 9.17) is 0 Å². The van der Waals surface area contributed by atoms with Crippen LogP contribution in [0, 0.1) is 12.7 Å². The van der Waals surface area contributed by atoms with Crippen LogP contribution in [0.25, 0.3) is 16.9 Å². The van der Waals surface area contributed by atoms with E-state index in [1.54, 1.807) is 18.3 Å². The van der Waals surface area contributed by atoms with Crippen LogP contribution >= 0.6 is 0 Å². The Morgan fingerprint density at radius 3 is 2.50 bits per heavy atom. The van der Waals surface area contributed by atoms with E-state index < -0.39 is 0 Å². The Balaban J connectivity index is 1.59. The molecule has 1 fully saturated rings. The number of nitrogens with zero attached hydrogens (tertiary/aromatic N) is 5. The zero-order chi connectivity index (χ0) is 19.7. The molecule has 8 heteroatoms. The van der Waals surface area contributed by atoms with Crippen LogP contribution in [0.3, 0.4) is 0 Å². The molecule has 1 aliphatic heterocycles. The van der Waals surface area contributed by atoms with E-state index >= 15 is 0 Å². The van der Waals surface area contributed by atoms with Crippen molar-refractivity contribution in [3.8, 4) is 16.9 Å². The van der Waals surface area contributed by atoms with Crippen LogP contribution in [0.4, 0.5) is 10.3 Å². The minimum Gasteiger partial charge on any atom is -0.338 e. The SMILES string of the molecule is CCN1CCN(c2ncc(-c3cc(=O)n(-c4ccc(F)cc4)[nH]3)c(C)n2)CC1. The Morgan fingerprint density at radius 2 is 1.86 bits per heavy atom. The molecule has 0 amide bonds. The molecule has 146 valence electrons. The molecule has 1 saturated heterocycles. The van der Waals surface area contributed by atoms with E-state index in [9.17, 15) is 9.18 Å². The summed E-state index contributed by atoms with van der Waals surface area (Å²) < 4.78 is 14.5. The third-order valence-electron chi connectivity index (χ3n) is 5.16. The van der Waals surface area contributed by atoms with Crippen LogP contribution in [-0.2, 0) is 0 Å². The van der Waals surface area contributed by atoms with Crippen LogP contribution in [0.5, 0.6) is 0 Å². The van der Waals surface area contributed by atoms with Crippen LogP contribution in [0.15, 0.2) is 41.3 Å². The van der Waals surface area contributed by atoms with Gasteiger partial charge in [0.15, 0.2) is 0 Å². The smallest absolute Gasteiger partial charge is 0.271 e. The fourth-order valence-corrected chi connectivity index (χ4v) is 3.45. The molecular formula is C20H23FN6O. The Labute approximate surface area is 162 Å². The third-order valence-corrected chi connectivity index (χ3v) is 5.16. The van der Waals surface area contributed by atoms with Gasteiger partial charge in [-0.15, -0.1) is 0 Å². The fourth-order valence-electron chi connectivity index (χ4n) is 3.45. The molecule has 4 rings (SSSR count). The van der Waals surface area contributed by atoms with Crippen LogP contribution < -0.4 is 10.5 Å². The predicted molar refractivity (Wildman–Crippen MR) is 106 cm³/mol. The normalized spacial score (nSPS) is 15.2. The number of hydrogen-bond donors (Lipinski definition) is 1. The van der Waals surface area contributed by atoms with Gasteiger partial charge in [-0.25, -0.2) is 19.0 Å². The first-order chi connectivity index (χ1) is 13.5. The van der Waals surface area contributed by atoms with Gasteiger partial charge in [0, 0.05) is 44.0 Å². The standard InChI is InChI=1S/C20H23FN6O/c1-3-25-8-10-26(11-9-25)20-22-13-17(14(2)23-20)18-12-19(28)27(24-18)16-6-4-15(21)5-7-16/h4-7,12-13,24H,3,8-11H2,1-2H3. The number of rotatable bonds is 4. The van der Waals surface area contributed by atoms with Gasteiger partial charge < -0.3 is 9.80 Å². The topological polar surface area (TPSA) is 70.0 Å². The monoisotopic (exact) mass is 382 g/mol. The number of piperazine rings is 1. The molecular weight excluding hydrogens is 359 g/mol. The number of hydrogen-bond acceptors (Lipinski definition) is 5. The number of anilines is 1. The summed E-state index contributed by atoms with van der Waals surface area (Å²) in [4.78, 5) is 26.2. The number of halogens is 1. The summed E-state index contributed by atoms with van der Waals surface area (Å²) >= 11 is 0. The van der Waals surface area contributed by atoms with Crippen molar-refractivity contribution in [2.75, 3.05) is 37.6 Å². The van der Waals surface area contributed by atoms with Gasteiger partial charge in [-0.1, -0.05) is 6.92 Å². The minimum atomic E-state index is -0.344. The van der Waals surface area contributed by atoms with Gasteiger partial charge in [0.25, 0.3) is 5.56 Å². The lowest BCUT2D eigenvalue weighted by molar-refractivity contribution is 0.270. The van der Waals surface area contributed by atoms with E-state index in [2.05, 4.69) is 31.8 Å². The molecule has 1 N–H and O–H groups in total. The molecule has 0 saturated carbocycles. The molecule has 1 aromatic carbocycles. The summed E-state index contributed by atoms with van der Waals surface area (Å²) in [5, 5.41) is 3.07. The number of aromatic amines is 1. The predicted octanol–water partition coefficient (Wildman–Crippen LogP) is 2.21. The van der Waals surface area contributed by atoms with Gasteiger partial charge >= 0.3 is 0 Å². The minimum absolute atomic E-state index is 0.222. The maximum Gasteiger partial charge on any atom is 0.271 e. The van der Waals surface area contributed by atoms with E-state index in [-0.39, 0.29) is 11.4 Å². The van der Waals surface area contributed by atoms with E-state index in [1.807, 2.05) is 6.92 Å². The molecule has 2 aromatic heterocycles. The first kappa shape index (κ1) is 18.4. The number of aryl methyl sites for hydroxylation is 1. The first-order valence-corrected chi connectivity index (χ1v) is 9.44. The van der Waals surface area contributed by atoms with Gasteiger partial charge in [-0.05, 0) is 37.7 Å². The Bertz CT molecular complexity index is 1020. The lowest BCUT2D eigenvalue weighted by atomic mass is 10.2. The Morgan fingerprint density at radius 1 is 1.14 bits per heavy atom. The van der Waals surface area contributed by atoms with Gasteiger partial charge in [0.1, 0.15) is 5.82 Å². The van der Waals surface area contributed by atoms with Crippen molar-refractivity contribution in [2.45, 2.75) is 13.8 Å². The highest BCUT2D eigenvalue weighted by Gasteiger charge is 2.19. The second kappa shape index (κ2) is 7.55. The number of H-pyrrole nitrogens is 1. The average molecular weight is 382 g/mol. The molecule has 0 aliphatic carbocycles. The van der Waals surface area contributed by atoms with Crippen LogP contribution in [0.2, 0.25) is 0 Å². The summed E-state index contributed by atoms with van der Waals surface area (Å²) in [5.41, 5.74) is 2.56. The fraction of sp³-hybridized carbons (Fsp3) is 0.350. The molecule has 0 unspecified atom stereocenters. The van der Waals surface area contributed by atoms with E-state index in [0.717, 1.165) is 49.9 Å². The van der Waals surface area contributed by atoms with Crippen molar-refractivity contribution in [2.24, 2.45) is 0 Å². The van der Waals surface area contributed by atoms with Crippen molar-refractivity contribution in [3.63, 3.8) is 0 Å². The highest BCUT2D eigenvalue weighted by molar-refractivity contribution is 5.61. The summed E-state index contributed by atoms with van der Waals surface area (Å²) in [5.74, 6) is 0.375. The van der Waals surface area contributed by atoms with Crippen molar-refractivity contribution in [3.05, 3.63) is 58.4 Å². The summed E-state index contributed by atoms with van der Waals surface area (Å²) in [6, 6.07) is 7.26. The average Bonchev–Trinajstić information content (AvgIpc) is 3.10. The van der Waals surface area contributed by atoms with Crippen LogP contribution in [-0.4, -0.2) is 57.4 Å². The Hall–Kier alpha value is -3.00. The summed E-state index contributed by atoms with van der Waals surface area (Å²) in [6.07, 6.45) is 1.75. The van der Waals surface area contributed by atoms with Crippen molar-refractivity contribution in [1.82, 2.24) is 24.6 Å². The lowest BCUT2D eigenvalue weighted by Gasteiger charge is -2.34. The molecule has 0 spiro atoms. The van der Waals surface area contributed by atoms with Gasteiger partial charge in [-0.3, -0.25) is 9.89 Å². The van der Waals surface area contributed by atoms with E-state index in [0.29, 0.717) is 11.4 Å². The van der Waals surface area contributed by atoms with Crippen molar-refractivity contribution >= 4 is 5.95 Å². The maximum absolute atomic E-state index is 13.1. The second-order valence-corrected chi connectivity index (χ2v) is 6.91. The van der Waals surface area contributed by atoms with Gasteiger partial charge in [0.05, 0.1) is 17.1 Å². The summed E-state index contributed by atoms with van der Waals surface area (Å²) in [6.45, 7) is 8.98. The molecule has 3 aromatic rings. The molecule has 0 radical (unpaired) electrons. The molecule has 7 nitrogen and oxygen atoms in total. The van der Waals surface area contributed by atoms with Crippen molar-refractivity contribution in [1.29, 1.82) is 0 Å². The molecule has 3 heterocycles. The van der Waals surface area contributed by atoms with Gasteiger partial charge in [-0.2, -0.15) is 0 Å².